The number of amides is 4. The number of carbonyl (C=O) groups is 3. The molecule has 1 fully saturated rings. The Labute approximate surface area is 183 Å². The molecule has 2 aromatic carbocycles. The molecule has 4 amide bonds. The van der Waals surface area contributed by atoms with E-state index in [9.17, 15) is 14.4 Å². The van der Waals surface area contributed by atoms with Crippen LogP contribution in [0.2, 0.25) is 0 Å². The smallest absolute Gasteiger partial charge is 0.317 e. The lowest BCUT2D eigenvalue weighted by Gasteiger charge is -2.33. The zero-order valence-electron chi connectivity index (χ0n) is 17.8. The number of nitrogens with one attached hydrogen (secondary N) is 3. The summed E-state index contributed by atoms with van der Waals surface area (Å²) < 4.78 is 0. The molecule has 0 bridgehead atoms. The lowest BCUT2D eigenvalue weighted by molar-refractivity contribution is -0.128. The largest absolute Gasteiger partial charge is 0.351 e. The second-order valence-corrected chi connectivity index (χ2v) is 7.86. The molecule has 1 saturated heterocycles. The minimum absolute atomic E-state index is 0.0160. The topological polar surface area (TPSA) is 90.5 Å². The van der Waals surface area contributed by atoms with Crippen LogP contribution in [0.5, 0.6) is 0 Å². The average molecular weight is 423 g/mol. The van der Waals surface area contributed by atoms with Gasteiger partial charge in [0, 0.05) is 39.0 Å². The summed E-state index contributed by atoms with van der Waals surface area (Å²) in [6.07, 6.45) is 1.80. The first kappa shape index (κ1) is 22.3. The fourth-order valence-corrected chi connectivity index (χ4v) is 3.72. The third-order valence-electron chi connectivity index (χ3n) is 5.39. The van der Waals surface area contributed by atoms with E-state index < -0.39 is 6.04 Å². The first-order chi connectivity index (χ1) is 15.0. The number of carbonyl (C=O) groups excluding carboxylic acids is 3. The van der Waals surface area contributed by atoms with Crippen molar-refractivity contribution in [2.75, 3.05) is 13.1 Å². The minimum atomic E-state index is -0.618. The van der Waals surface area contributed by atoms with Crippen molar-refractivity contribution in [2.24, 2.45) is 0 Å². The quantitative estimate of drug-likeness (QED) is 0.639. The van der Waals surface area contributed by atoms with E-state index in [1.54, 1.807) is 4.90 Å². The van der Waals surface area contributed by atoms with Gasteiger partial charge >= 0.3 is 6.03 Å². The first-order valence-corrected chi connectivity index (χ1v) is 10.7. The summed E-state index contributed by atoms with van der Waals surface area (Å²) in [5.41, 5.74) is 2.04. The van der Waals surface area contributed by atoms with Crippen molar-refractivity contribution in [1.82, 2.24) is 20.9 Å². The Hall–Kier alpha value is -3.35. The first-order valence-electron chi connectivity index (χ1n) is 10.7. The molecule has 0 spiro atoms. The summed E-state index contributed by atoms with van der Waals surface area (Å²) in [6.45, 7) is 3.07. The van der Waals surface area contributed by atoms with E-state index in [1.165, 1.54) is 6.92 Å². The molecule has 7 heteroatoms. The Morgan fingerprint density at radius 2 is 1.52 bits per heavy atom. The van der Waals surface area contributed by atoms with Gasteiger partial charge in [-0.05, 0) is 24.0 Å². The molecule has 1 aliphatic heterocycles. The molecule has 31 heavy (non-hydrogen) atoms. The summed E-state index contributed by atoms with van der Waals surface area (Å²) >= 11 is 0. The van der Waals surface area contributed by atoms with Crippen LogP contribution in [-0.4, -0.2) is 47.9 Å². The molecule has 0 aliphatic carbocycles. The Morgan fingerprint density at radius 1 is 0.935 bits per heavy atom. The molecule has 0 unspecified atom stereocenters. The SMILES string of the molecule is CC(=O)N[C@H](Cc1ccccc1)C(=O)NC1CCN(C(=O)NCc2ccccc2)CC1. The van der Waals surface area contributed by atoms with Crippen LogP contribution in [0, 0.1) is 0 Å². The van der Waals surface area contributed by atoms with Gasteiger partial charge in [-0.25, -0.2) is 4.79 Å². The monoisotopic (exact) mass is 422 g/mol. The van der Waals surface area contributed by atoms with Gasteiger partial charge in [-0.15, -0.1) is 0 Å². The molecule has 3 N–H and O–H groups in total. The van der Waals surface area contributed by atoms with Crippen LogP contribution in [0.15, 0.2) is 60.7 Å². The number of piperidine rings is 1. The van der Waals surface area contributed by atoms with E-state index in [4.69, 9.17) is 0 Å². The fourth-order valence-electron chi connectivity index (χ4n) is 3.72. The van der Waals surface area contributed by atoms with Gasteiger partial charge in [0.1, 0.15) is 6.04 Å². The van der Waals surface area contributed by atoms with Gasteiger partial charge in [-0.2, -0.15) is 0 Å². The third-order valence-corrected chi connectivity index (χ3v) is 5.39. The van der Waals surface area contributed by atoms with Crippen molar-refractivity contribution in [1.29, 1.82) is 0 Å². The molecule has 0 saturated carbocycles. The van der Waals surface area contributed by atoms with Crippen molar-refractivity contribution in [2.45, 2.75) is 44.8 Å². The highest BCUT2D eigenvalue weighted by Crippen LogP contribution is 2.12. The maximum Gasteiger partial charge on any atom is 0.317 e. The Morgan fingerprint density at radius 3 is 2.10 bits per heavy atom. The van der Waals surface area contributed by atoms with Crippen molar-refractivity contribution < 1.29 is 14.4 Å². The van der Waals surface area contributed by atoms with Gasteiger partial charge in [0.2, 0.25) is 11.8 Å². The summed E-state index contributed by atoms with van der Waals surface area (Å²) in [5, 5.41) is 8.74. The van der Waals surface area contributed by atoms with Crippen LogP contribution in [0.1, 0.15) is 30.9 Å². The van der Waals surface area contributed by atoms with Crippen LogP contribution in [0.3, 0.4) is 0 Å². The van der Waals surface area contributed by atoms with E-state index >= 15 is 0 Å². The normalized spacial score (nSPS) is 15.1. The van der Waals surface area contributed by atoms with Crippen LogP contribution >= 0.6 is 0 Å². The van der Waals surface area contributed by atoms with Gasteiger partial charge in [-0.1, -0.05) is 60.7 Å². The van der Waals surface area contributed by atoms with Crippen molar-refractivity contribution >= 4 is 17.8 Å². The van der Waals surface area contributed by atoms with Gasteiger partial charge < -0.3 is 20.9 Å². The molecule has 0 aromatic heterocycles. The fraction of sp³-hybridized carbons (Fsp3) is 0.375. The van der Waals surface area contributed by atoms with E-state index in [0.717, 1.165) is 11.1 Å². The number of nitrogens with zero attached hydrogens (tertiary/aromatic N) is 1. The highest BCUT2D eigenvalue weighted by Gasteiger charge is 2.27. The van der Waals surface area contributed by atoms with Gasteiger partial charge in [0.25, 0.3) is 0 Å². The van der Waals surface area contributed by atoms with E-state index in [-0.39, 0.29) is 23.9 Å². The lowest BCUT2D eigenvalue weighted by atomic mass is 10.0. The Kier molecular flexibility index (Phi) is 8.04. The summed E-state index contributed by atoms with van der Waals surface area (Å²) in [4.78, 5) is 38.6. The Balaban J connectivity index is 1.46. The van der Waals surface area contributed by atoms with Crippen molar-refractivity contribution in [3.05, 3.63) is 71.8 Å². The molecule has 1 atom stereocenters. The Bertz CT molecular complexity index is 865. The van der Waals surface area contributed by atoms with Crippen molar-refractivity contribution in [3.8, 4) is 0 Å². The molecular formula is C24H30N4O3. The summed E-state index contributed by atoms with van der Waals surface area (Å²) in [6, 6.07) is 18.7. The number of rotatable bonds is 7. The van der Waals surface area contributed by atoms with Gasteiger partial charge in [-0.3, -0.25) is 9.59 Å². The number of hydrogen-bond donors (Lipinski definition) is 3. The minimum Gasteiger partial charge on any atom is -0.351 e. The maximum atomic E-state index is 12.8. The van der Waals surface area contributed by atoms with Gasteiger partial charge in [0.15, 0.2) is 0 Å². The second kappa shape index (κ2) is 11.2. The molecule has 3 rings (SSSR count). The molecule has 0 radical (unpaired) electrons. The van der Waals surface area contributed by atoms with Crippen molar-refractivity contribution in [3.63, 3.8) is 0 Å². The van der Waals surface area contributed by atoms with Crippen LogP contribution in [-0.2, 0) is 22.6 Å². The number of likely N-dealkylation sites (tertiary alicyclic amines) is 1. The zero-order chi connectivity index (χ0) is 22.1. The highest BCUT2D eigenvalue weighted by molar-refractivity contribution is 5.87. The van der Waals surface area contributed by atoms with E-state index in [2.05, 4.69) is 16.0 Å². The van der Waals surface area contributed by atoms with Crippen LogP contribution < -0.4 is 16.0 Å². The lowest BCUT2D eigenvalue weighted by Crippen LogP contribution is -2.54. The van der Waals surface area contributed by atoms with Gasteiger partial charge in [0.05, 0.1) is 0 Å². The second-order valence-electron chi connectivity index (χ2n) is 7.86. The molecule has 164 valence electrons. The molecular weight excluding hydrogens is 392 g/mol. The average Bonchev–Trinajstić information content (AvgIpc) is 2.78. The number of urea groups is 1. The number of benzene rings is 2. The highest BCUT2D eigenvalue weighted by atomic mass is 16.2. The number of hydrogen-bond acceptors (Lipinski definition) is 3. The van der Waals surface area contributed by atoms with E-state index in [0.29, 0.717) is 38.9 Å². The zero-order valence-corrected chi connectivity index (χ0v) is 17.8. The maximum absolute atomic E-state index is 12.8. The summed E-state index contributed by atoms with van der Waals surface area (Å²) in [5.74, 6) is -0.424. The molecule has 7 nitrogen and oxygen atoms in total. The summed E-state index contributed by atoms with van der Waals surface area (Å²) in [7, 11) is 0. The van der Waals surface area contributed by atoms with Crippen LogP contribution in [0.4, 0.5) is 4.79 Å². The predicted octanol–water partition coefficient (Wildman–Crippen LogP) is 2.22. The molecule has 2 aromatic rings. The van der Waals surface area contributed by atoms with E-state index in [1.807, 2.05) is 60.7 Å². The predicted molar refractivity (Wildman–Crippen MR) is 119 cm³/mol. The standard InChI is InChI=1S/C24H30N4O3/c1-18(29)26-22(16-19-8-4-2-5-9-19)23(30)27-21-12-14-28(15-13-21)24(31)25-17-20-10-6-3-7-11-20/h2-11,21-22H,12-17H2,1H3,(H,25,31)(H,26,29)(H,27,30)/t22-/m1/s1. The van der Waals surface area contributed by atoms with Crippen LogP contribution in [0.25, 0.3) is 0 Å². The molecule has 1 aliphatic rings. The third kappa shape index (κ3) is 7.13. The molecule has 1 heterocycles.